The summed E-state index contributed by atoms with van der Waals surface area (Å²) >= 11 is 0. The molecule has 0 radical (unpaired) electrons. The number of benzene rings is 2. The summed E-state index contributed by atoms with van der Waals surface area (Å²) in [5, 5.41) is 3.22. The SMILES string of the molecule is CC(C(=O)NC1CCN(c2ccc(C(C)(C)C)cc2)CC1)C(N)c1ccccc1.Cl.Cl. The van der Waals surface area contributed by atoms with E-state index in [1.54, 1.807) is 0 Å². The Morgan fingerprint density at radius 3 is 2.06 bits per heavy atom. The molecule has 2 aromatic carbocycles. The van der Waals surface area contributed by atoms with Crippen LogP contribution in [0.5, 0.6) is 0 Å². The minimum Gasteiger partial charge on any atom is -0.371 e. The number of halogens is 2. The highest BCUT2D eigenvalue weighted by atomic mass is 35.5. The Kier molecular flexibility index (Phi) is 10.3. The van der Waals surface area contributed by atoms with E-state index in [2.05, 4.69) is 55.3 Å². The number of nitrogens with one attached hydrogen (secondary N) is 1. The zero-order valence-corrected chi connectivity index (χ0v) is 20.6. The van der Waals surface area contributed by atoms with Crippen LogP contribution >= 0.6 is 24.8 Å². The summed E-state index contributed by atoms with van der Waals surface area (Å²) in [7, 11) is 0. The Bertz CT molecular complexity index is 798. The molecule has 3 N–H and O–H groups in total. The van der Waals surface area contributed by atoms with Gasteiger partial charge in [-0.1, -0.05) is 70.2 Å². The van der Waals surface area contributed by atoms with E-state index in [4.69, 9.17) is 5.73 Å². The standard InChI is InChI=1S/C25H35N3O.2ClH/c1-18(23(26)19-8-6-5-7-9-19)24(29)27-21-14-16-28(17-15-21)22-12-10-20(11-13-22)25(2,3)4;;/h5-13,18,21,23H,14-17,26H2,1-4H3,(H,27,29);2*1H. The van der Waals surface area contributed by atoms with Crippen LogP contribution in [0.1, 0.15) is 57.7 Å². The first-order valence-electron chi connectivity index (χ1n) is 10.7. The predicted molar refractivity (Wildman–Crippen MR) is 136 cm³/mol. The molecule has 0 aliphatic carbocycles. The molecule has 2 aromatic rings. The van der Waals surface area contributed by atoms with Crippen molar-refractivity contribution in [3.05, 3.63) is 65.7 Å². The van der Waals surface area contributed by atoms with Crippen molar-refractivity contribution in [3.63, 3.8) is 0 Å². The van der Waals surface area contributed by atoms with E-state index < -0.39 is 0 Å². The van der Waals surface area contributed by atoms with Gasteiger partial charge in [-0.2, -0.15) is 0 Å². The molecule has 1 aliphatic rings. The van der Waals surface area contributed by atoms with Crippen molar-refractivity contribution in [1.29, 1.82) is 0 Å². The average Bonchev–Trinajstić information content (AvgIpc) is 2.73. The fourth-order valence-corrected chi connectivity index (χ4v) is 3.91. The van der Waals surface area contributed by atoms with Gasteiger partial charge < -0.3 is 16.0 Å². The van der Waals surface area contributed by atoms with Crippen molar-refractivity contribution in [2.24, 2.45) is 11.7 Å². The second-order valence-corrected chi connectivity index (χ2v) is 9.29. The molecule has 0 bridgehead atoms. The molecule has 4 nitrogen and oxygen atoms in total. The molecule has 31 heavy (non-hydrogen) atoms. The normalized spacial score (nSPS) is 16.5. The number of anilines is 1. The lowest BCUT2D eigenvalue weighted by Crippen LogP contribution is -2.47. The Balaban J connectivity index is 0.00000240. The molecule has 172 valence electrons. The minimum absolute atomic E-state index is 0. The Morgan fingerprint density at radius 1 is 1.00 bits per heavy atom. The predicted octanol–water partition coefficient (Wildman–Crippen LogP) is 5.25. The minimum atomic E-state index is -0.280. The van der Waals surface area contributed by atoms with E-state index in [1.165, 1.54) is 11.3 Å². The van der Waals surface area contributed by atoms with E-state index in [9.17, 15) is 4.79 Å². The van der Waals surface area contributed by atoms with Gasteiger partial charge in [0.25, 0.3) is 0 Å². The molecule has 1 amide bonds. The summed E-state index contributed by atoms with van der Waals surface area (Å²) in [4.78, 5) is 15.1. The summed E-state index contributed by atoms with van der Waals surface area (Å²) in [6.45, 7) is 10.5. The molecule has 2 atom stereocenters. The molecule has 1 heterocycles. The van der Waals surface area contributed by atoms with Gasteiger partial charge in [-0.25, -0.2) is 0 Å². The van der Waals surface area contributed by atoms with Gasteiger partial charge in [0, 0.05) is 30.9 Å². The van der Waals surface area contributed by atoms with Crippen LogP contribution in [0.3, 0.4) is 0 Å². The monoisotopic (exact) mass is 465 g/mol. The lowest BCUT2D eigenvalue weighted by Gasteiger charge is -2.35. The lowest BCUT2D eigenvalue weighted by molar-refractivity contribution is -0.126. The lowest BCUT2D eigenvalue weighted by atomic mass is 9.87. The number of hydrogen-bond donors (Lipinski definition) is 2. The number of nitrogens with zero attached hydrogens (tertiary/aromatic N) is 1. The maximum absolute atomic E-state index is 12.7. The van der Waals surface area contributed by atoms with Gasteiger partial charge in [0.15, 0.2) is 0 Å². The van der Waals surface area contributed by atoms with Crippen molar-refractivity contribution in [3.8, 4) is 0 Å². The number of hydrogen-bond acceptors (Lipinski definition) is 3. The van der Waals surface area contributed by atoms with Gasteiger partial charge in [-0.3, -0.25) is 4.79 Å². The number of carbonyl (C=O) groups excluding carboxylic acids is 1. The Labute approximate surface area is 199 Å². The van der Waals surface area contributed by atoms with Crippen molar-refractivity contribution >= 4 is 36.4 Å². The number of rotatable bonds is 5. The largest absolute Gasteiger partial charge is 0.371 e. The van der Waals surface area contributed by atoms with Crippen molar-refractivity contribution in [2.75, 3.05) is 18.0 Å². The fourth-order valence-electron chi connectivity index (χ4n) is 3.91. The maximum atomic E-state index is 12.7. The molecule has 0 aromatic heterocycles. The first kappa shape index (κ1) is 27.3. The van der Waals surface area contributed by atoms with Gasteiger partial charge >= 0.3 is 0 Å². The molecule has 1 fully saturated rings. The van der Waals surface area contributed by atoms with Crippen LogP contribution in [-0.4, -0.2) is 25.0 Å². The van der Waals surface area contributed by atoms with Crippen LogP contribution in [0, 0.1) is 5.92 Å². The van der Waals surface area contributed by atoms with Gasteiger partial charge in [0.2, 0.25) is 5.91 Å². The van der Waals surface area contributed by atoms with Crippen LogP contribution in [0.4, 0.5) is 5.69 Å². The third-order valence-corrected chi connectivity index (χ3v) is 6.08. The van der Waals surface area contributed by atoms with Gasteiger partial charge in [0.05, 0.1) is 5.92 Å². The first-order valence-corrected chi connectivity index (χ1v) is 10.7. The summed E-state index contributed by atoms with van der Waals surface area (Å²) in [6.07, 6.45) is 1.92. The average molecular weight is 466 g/mol. The number of nitrogens with two attached hydrogens (primary N) is 1. The second kappa shape index (κ2) is 11.8. The van der Waals surface area contributed by atoms with E-state index >= 15 is 0 Å². The number of carbonyl (C=O) groups is 1. The van der Waals surface area contributed by atoms with E-state index in [-0.39, 0.29) is 54.1 Å². The zero-order chi connectivity index (χ0) is 21.0. The van der Waals surface area contributed by atoms with Crippen LogP contribution in [0.15, 0.2) is 54.6 Å². The highest BCUT2D eigenvalue weighted by Crippen LogP contribution is 2.27. The quantitative estimate of drug-likeness (QED) is 0.633. The van der Waals surface area contributed by atoms with E-state index in [0.717, 1.165) is 31.5 Å². The summed E-state index contributed by atoms with van der Waals surface area (Å²) in [5.74, 6) is -0.199. The first-order chi connectivity index (χ1) is 13.8. The molecule has 6 heteroatoms. The summed E-state index contributed by atoms with van der Waals surface area (Å²) in [5.41, 5.74) is 10.1. The van der Waals surface area contributed by atoms with Crippen LogP contribution in [-0.2, 0) is 10.2 Å². The molecule has 2 unspecified atom stereocenters. The second-order valence-electron chi connectivity index (χ2n) is 9.29. The van der Waals surface area contributed by atoms with Gasteiger partial charge in [-0.05, 0) is 41.5 Å². The molecule has 1 aliphatic heterocycles. The Morgan fingerprint density at radius 2 is 1.55 bits per heavy atom. The molecular weight excluding hydrogens is 429 g/mol. The highest BCUT2D eigenvalue weighted by molar-refractivity contribution is 5.85. The molecule has 1 saturated heterocycles. The van der Waals surface area contributed by atoms with Gasteiger partial charge in [-0.15, -0.1) is 24.8 Å². The fraction of sp³-hybridized carbons (Fsp3) is 0.480. The highest BCUT2D eigenvalue weighted by Gasteiger charge is 2.26. The molecule has 0 saturated carbocycles. The van der Waals surface area contributed by atoms with Gasteiger partial charge in [0.1, 0.15) is 0 Å². The summed E-state index contributed by atoms with van der Waals surface area (Å²) in [6, 6.07) is 18.7. The van der Waals surface area contributed by atoms with E-state index in [1.807, 2.05) is 37.3 Å². The van der Waals surface area contributed by atoms with Crippen molar-refractivity contribution in [1.82, 2.24) is 5.32 Å². The third kappa shape index (κ3) is 7.13. The molecular formula is C25H37Cl2N3O. The number of piperidine rings is 1. The zero-order valence-electron chi connectivity index (χ0n) is 19.0. The van der Waals surface area contributed by atoms with Crippen molar-refractivity contribution < 1.29 is 4.79 Å². The van der Waals surface area contributed by atoms with Crippen LogP contribution in [0.2, 0.25) is 0 Å². The van der Waals surface area contributed by atoms with E-state index in [0.29, 0.717) is 0 Å². The summed E-state index contributed by atoms with van der Waals surface area (Å²) < 4.78 is 0. The number of amides is 1. The van der Waals surface area contributed by atoms with Crippen LogP contribution in [0.25, 0.3) is 0 Å². The van der Waals surface area contributed by atoms with Crippen molar-refractivity contribution in [2.45, 2.75) is 58.0 Å². The Hall–Kier alpha value is -1.75. The smallest absolute Gasteiger partial charge is 0.224 e. The third-order valence-electron chi connectivity index (χ3n) is 6.08. The molecule has 0 spiro atoms. The molecule has 3 rings (SSSR count). The maximum Gasteiger partial charge on any atom is 0.224 e. The topological polar surface area (TPSA) is 58.4 Å². The van der Waals surface area contributed by atoms with Crippen LogP contribution < -0.4 is 16.0 Å².